The van der Waals surface area contributed by atoms with Crippen molar-refractivity contribution in [2.45, 2.75) is 31.1 Å². The second-order valence-electron chi connectivity index (χ2n) is 7.51. The Morgan fingerprint density at radius 1 is 1.00 bits per heavy atom. The molecule has 2 aromatic rings. The molecule has 3 rings (SSSR count). The summed E-state index contributed by atoms with van der Waals surface area (Å²) in [5, 5.41) is 3.52. The zero-order valence-corrected chi connectivity index (χ0v) is 17.8. The summed E-state index contributed by atoms with van der Waals surface area (Å²) in [6, 6.07) is 21.3. The molecular weight excluding hydrogens is 362 g/mol. The molecule has 0 spiro atoms. The van der Waals surface area contributed by atoms with Gasteiger partial charge >= 0.3 is 0 Å². The highest BCUT2D eigenvalue weighted by Crippen LogP contribution is 2.37. The van der Waals surface area contributed by atoms with Gasteiger partial charge in [0.05, 0.1) is 12.0 Å². The van der Waals surface area contributed by atoms with Crippen LogP contribution in [0, 0.1) is 0 Å². The molecule has 0 radical (unpaired) electrons. The van der Waals surface area contributed by atoms with E-state index in [9.17, 15) is 0 Å². The van der Waals surface area contributed by atoms with Crippen LogP contribution in [0.4, 0.5) is 0 Å². The molecule has 5 heteroatoms. The van der Waals surface area contributed by atoms with Gasteiger partial charge in [-0.3, -0.25) is 4.99 Å². The third kappa shape index (κ3) is 5.04. The maximum absolute atomic E-state index is 5.56. The number of hydrogen-bond donors (Lipinski definition) is 1. The predicted molar refractivity (Wildman–Crippen MR) is 118 cm³/mol. The smallest absolute Gasteiger partial charge is 0.174 e. The highest BCUT2D eigenvalue weighted by atomic mass is 16.7. The number of aliphatic imine (C=N–C) groups is 1. The maximum Gasteiger partial charge on any atom is 0.174 e. The fourth-order valence-corrected chi connectivity index (χ4v) is 4.37. The number of amidine groups is 1. The minimum absolute atomic E-state index is 0.123. The molecule has 0 aromatic heterocycles. The number of nitrogens with one attached hydrogen (secondary N) is 1. The van der Waals surface area contributed by atoms with Crippen molar-refractivity contribution in [2.75, 3.05) is 40.9 Å². The first kappa shape index (κ1) is 21.5. The van der Waals surface area contributed by atoms with E-state index in [-0.39, 0.29) is 11.7 Å². The van der Waals surface area contributed by atoms with Gasteiger partial charge in [0, 0.05) is 27.8 Å². The van der Waals surface area contributed by atoms with Crippen LogP contribution < -0.4 is 5.32 Å². The standard InChI is InChI=1S/C24H33N3O2/c1-25-23(24(14-16-26-17-15-24)21-12-8-5-9-13-21)27(19-22(28-2)29-3)18-20-10-6-4-7-11-20/h4-13,22,26H,14-19H2,1-3H3. The van der Waals surface area contributed by atoms with Gasteiger partial charge in [0.2, 0.25) is 0 Å². The summed E-state index contributed by atoms with van der Waals surface area (Å²) in [6.45, 7) is 3.34. The van der Waals surface area contributed by atoms with Crippen molar-refractivity contribution >= 4 is 5.84 Å². The molecule has 1 fully saturated rings. The molecular formula is C24H33N3O2. The van der Waals surface area contributed by atoms with Crippen molar-refractivity contribution in [2.24, 2.45) is 4.99 Å². The molecule has 0 bridgehead atoms. The predicted octanol–water partition coefficient (Wildman–Crippen LogP) is 3.46. The van der Waals surface area contributed by atoms with Crippen LogP contribution in [0.5, 0.6) is 0 Å². The minimum atomic E-state index is -0.315. The van der Waals surface area contributed by atoms with Crippen LogP contribution in [-0.2, 0) is 21.4 Å². The molecule has 2 aromatic carbocycles. The van der Waals surface area contributed by atoms with Crippen LogP contribution in [0.15, 0.2) is 65.7 Å². The van der Waals surface area contributed by atoms with Gasteiger partial charge in [-0.2, -0.15) is 0 Å². The largest absolute Gasteiger partial charge is 0.354 e. The third-order valence-electron chi connectivity index (χ3n) is 5.83. The number of ether oxygens (including phenoxy) is 2. The first-order valence-corrected chi connectivity index (χ1v) is 10.3. The molecule has 156 valence electrons. The fourth-order valence-electron chi connectivity index (χ4n) is 4.37. The molecule has 0 amide bonds. The van der Waals surface area contributed by atoms with Crippen LogP contribution in [0.2, 0.25) is 0 Å². The van der Waals surface area contributed by atoms with Crippen LogP contribution in [0.3, 0.4) is 0 Å². The molecule has 0 atom stereocenters. The molecule has 5 nitrogen and oxygen atoms in total. The zero-order valence-electron chi connectivity index (χ0n) is 17.8. The summed E-state index contributed by atoms with van der Waals surface area (Å²) in [7, 11) is 5.29. The van der Waals surface area contributed by atoms with Gasteiger partial charge < -0.3 is 19.7 Å². The van der Waals surface area contributed by atoms with E-state index in [1.165, 1.54) is 11.1 Å². The molecule has 1 heterocycles. The van der Waals surface area contributed by atoms with Crippen molar-refractivity contribution in [3.8, 4) is 0 Å². The van der Waals surface area contributed by atoms with E-state index >= 15 is 0 Å². The Hall–Kier alpha value is -2.21. The van der Waals surface area contributed by atoms with Crippen molar-refractivity contribution in [1.29, 1.82) is 0 Å². The zero-order chi connectivity index (χ0) is 20.5. The summed E-state index contributed by atoms with van der Waals surface area (Å²) in [5.41, 5.74) is 2.45. The highest BCUT2D eigenvalue weighted by molar-refractivity contribution is 5.93. The number of benzene rings is 2. The normalized spacial score (nSPS) is 16.8. The fraction of sp³-hybridized carbons (Fsp3) is 0.458. The second-order valence-corrected chi connectivity index (χ2v) is 7.51. The Kier molecular flexibility index (Phi) is 7.81. The summed E-state index contributed by atoms with van der Waals surface area (Å²) in [6.07, 6.45) is 1.71. The number of rotatable bonds is 8. The van der Waals surface area contributed by atoms with E-state index in [0.717, 1.165) is 38.3 Å². The highest BCUT2D eigenvalue weighted by Gasteiger charge is 2.41. The Balaban J connectivity index is 2.01. The number of methoxy groups -OCH3 is 2. The lowest BCUT2D eigenvalue weighted by atomic mass is 9.71. The second kappa shape index (κ2) is 10.5. The van der Waals surface area contributed by atoms with E-state index in [4.69, 9.17) is 14.5 Å². The first-order chi connectivity index (χ1) is 14.2. The molecule has 0 unspecified atom stereocenters. The van der Waals surface area contributed by atoms with Gasteiger partial charge in [0.25, 0.3) is 0 Å². The van der Waals surface area contributed by atoms with E-state index < -0.39 is 0 Å². The lowest BCUT2D eigenvalue weighted by Crippen LogP contribution is -2.53. The van der Waals surface area contributed by atoms with E-state index in [0.29, 0.717) is 6.54 Å². The molecule has 1 N–H and O–H groups in total. The molecule has 1 aliphatic heterocycles. The molecule has 29 heavy (non-hydrogen) atoms. The summed E-state index contributed by atoms with van der Waals surface area (Å²) in [5.74, 6) is 1.10. The third-order valence-corrected chi connectivity index (χ3v) is 5.83. The lowest BCUT2D eigenvalue weighted by Gasteiger charge is -2.44. The average molecular weight is 396 g/mol. The Morgan fingerprint density at radius 2 is 1.59 bits per heavy atom. The van der Waals surface area contributed by atoms with E-state index in [1.54, 1.807) is 14.2 Å². The van der Waals surface area contributed by atoms with Crippen LogP contribution in [0.25, 0.3) is 0 Å². The van der Waals surface area contributed by atoms with Crippen molar-refractivity contribution in [3.63, 3.8) is 0 Å². The van der Waals surface area contributed by atoms with Gasteiger partial charge in [0.15, 0.2) is 6.29 Å². The molecule has 1 saturated heterocycles. The van der Waals surface area contributed by atoms with Gasteiger partial charge in [-0.15, -0.1) is 0 Å². The number of hydrogen-bond acceptors (Lipinski definition) is 4. The van der Waals surface area contributed by atoms with Gasteiger partial charge in [-0.1, -0.05) is 60.7 Å². The van der Waals surface area contributed by atoms with Crippen LogP contribution in [-0.4, -0.2) is 57.9 Å². The van der Waals surface area contributed by atoms with Gasteiger partial charge in [0.1, 0.15) is 5.84 Å². The Labute approximate surface area is 174 Å². The van der Waals surface area contributed by atoms with Crippen molar-refractivity contribution < 1.29 is 9.47 Å². The molecule has 1 aliphatic rings. The van der Waals surface area contributed by atoms with E-state index in [1.807, 2.05) is 13.1 Å². The minimum Gasteiger partial charge on any atom is -0.354 e. The Morgan fingerprint density at radius 3 is 2.14 bits per heavy atom. The summed E-state index contributed by atoms with van der Waals surface area (Å²) >= 11 is 0. The monoisotopic (exact) mass is 395 g/mol. The van der Waals surface area contributed by atoms with Crippen molar-refractivity contribution in [1.82, 2.24) is 10.2 Å². The van der Waals surface area contributed by atoms with Crippen molar-refractivity contribution in [3.05, 3.63) is 71.8 Å². The lowest BCUT2D eigenvalue weighted by molar-refractivity contribution is -0.110. The summed E-state index contributed by atoms with van der Waals surface area (Å²) < 4.78 is 11.1. The SMILES string of the molecule is CN=C(N(Cc1ccccc1)CC(OC)OC)C1(c2ccccc2)CCNCC1. The quantitative estimate of drug-likeness (QED) is 0.422. The van der Waals surface area contributed by atoms with Gasteiger partial charge in [-0.05, 0) is 37.1 Å². The number of nitrogens with zero attached hydrogens (tertiary/aromatic N) is 2. The van der Waals surface area contributed by atoms with E-state index in [2.05, 4.69) is 64.8 Å². The summed E-state index contributed by atoms with van der Waals surface area (Å²) in [4.78, 5) is 7.22. The average Bonchev–Trinajstić information content (AvgIpc) is 2.79. The molecule has 0 saturated carbocycles. The topological polar surface area (TPSA) is 46.1 Å². The Bertz CT molecular complexity index is 754. The van der Waals surface area contributed by atoms with Crippen LogP contribution >= 0.6 is 0 Å². The molecule has 0 aliphatic carbocycles. The van der Waals surface area contributed by atoms with Gasteiger partial charge in [-0.25, -0.2) is 0 Å². The first-order valence-electron chi connectivity index (χ1n) is 10.3. The van der Waals surface area contributed by atoms with Crippen LogP contribution in [0.1, 0.15) is 24.0 Å². The maximum atomic E-state index is 5.56. The number of piperidine rings is 1.